The van der Waals surface area contributed by atoms with E-state index in [-0.39, 0.29) is 0 Å². The largest absolute Gasteiger partial charge is 0.494 e. The average molecular weight is 360 g/mol. The first kappa shape index (κ1) is 19.2. The number of benzene rings is 2. The van der Waals surface area contributed by atoms with E-state index in [0.717, 1.165) is 37.3 Å². The van der Waals surface area contributed by atoms with Crippen LogP contribution in [0.4, 0.5) is 0 Å². The van der Waals surface area contributed by atoms with Gasteiger partial charge in [0.05, 0.1) is 6.61 Å². The molecule has 2 aromatic carbocycles. The van der Waals surface area contributed by atoms with Gasteiger partial charge in [-0.3, -0.25) is 4.98 Å². The SMILES string of the molecule is CCCOc1ccc(-c2ccc(C(C)c3ccc(CCC)cn3)cc2)cc1. The van der Waals surface area contributed by atoms with Crippen LogP contribution in [-0.2, 0) is 6.42 Å². The van der Waals surface area contributed by atoms with Crippen LogP contribution in [0.2, 0.25) is 0 Å². The van der Waals surface area contributed by atoms with Gasteiger partial charge in [0, 0.05) is 17.8 Å². The monoisotopic (exact) mass is 359 g/mol. The highest BCUT2D eigenvalue weighted by atomic mass is 16.5. The van der Waals surface area contributed by atoms with Gasteiger partial charge in [-0.05, 0) is 53.3 Å². The van der Waals surface area contributed by atoms with E-state index in [1.165, 1.54) is 22.3 Å². The second-order valence-electron chi connectivity index (χ2n) is 7.06. The Morgan fingerprint density at radius 3 is 2.04 bits per heavy atom. The molecule has 0 spiro atoms. The second kappa shape index (κ2) is 9.36. The molecule has 27 heavy (non-hydrogen) atoms. The molecule has 0 amide bonds. The van der Waals surface area contributed by atoms with Crippen molar-refractivity contribution in [2.24, 2.45) is 0 Å². The van der Waals surface area contributed by atoms with E-state index >= 15 is 0 Å². The Kier molecular flexibility index (Phi) is 6.64. The molecule has 0 saturated heterocycles. The maximum Gasteiger partial charge on any atom is 0.119 e. The lowest BCUT2D eigenvalue weighted by molar-refractivity contribution is 0.317. The minimum Gasteiger partial charge on any atom is -0.494 e. The Morgan fingerprint density at radius 1 is 0.815 bits per heavy atom. The molecule has 3 rings (SSSR count). The molecular formula is C25H29NO. The first-order chi connectivity index (χ1) is 13.2. The first-order valence-corrected chi connectivity index (χ1v) is 9.99. The number of aryl methyl sites for hydroxylation is 1. The molecule has 1 unspecified atom stereocenters. The van der Waals surface area contributed by atoms with E-state index in [9.17, 15) is 0 Å². The van der Waals surface area contributed by atoms with Gasteiger partial charge in [0.25, 0.3) is 0 Å². The minimum absolute atomic E-state index is 0.291. The summed E-state index contributed by atoms with van der Waals surface area (Å²) in [6.45, 7) is 7.30. The normalized spacial score (nSPS) is 12.0. The zero-order chi connectivity index (χ0) is 19.1. The van der Waals surface area contributed by atoms with Crippen LogP contribution in [0.1, 0.15) is 56.4 Å². The van der Waals surface area contributed by atoms with Crippen LogP contribution in [0, 0.1) is 0 Å². The maximum absolute atomic E-state index is 5.66. The molecule has 1 atom stereocenters. The number of nitrogens with zero attached hydrogens (tertiary/aromatic N) is 1. The molecule has 0 radical (unpaired) electrons. The predicted octanol–water partition coefficient (Wildman–Crippen LogP) is 6.64. The van der Waals surface area contributed by atoms with Crippen LogP contribution in [-0.4, -0.2) is 11.6 Å². The molecule has 0 aliphatic rings. The summed E-state index contributed by atoms with van der Waals surface area (Å²) in [4.78, 5) is 4.67. The topological polar surface area (TPSA) is 22.1 Å². The van der Waals surface area contributed by atoms with Crippen molar-refractivity contribution in [2.45, 2.75) is 46.0 Å². The number of rotatable bonds is 8. The Balaban J connectivity index is 1.70. The Morgan fingerprint density at radius 2 is 1.48 bits per heavy atom. The summed E-state index contributed by atoms with van der Waals surface area (Å²) in [5, 5.41) is 0. The van der Waals surface area contributed by atoms with Crippen LogP contribution >= 0.6 is 0 Å². The Hall–Kier alpha value is -2.61. The van der Waals surface area contributed by atoms with Gasteiger partial charge in [0.1, 0.15) is 5.75 Å². The van der Waals surface area contributed by atoms with Gasteiger partial charge in [-0.1, -0.05) is 69.7 Å². The fourth-order valence-electron chi connectivity index (χ4n) is 3.23. The third kappa shape index (κ3) is 4.97. The van der Waals surface area contributed by atoms with E-state index in [1.54, 1.807) is 0 Å². The average Bonchev–Trinajstić information content (AvgIpc) is 2.73. The summed E-state index contributed by atoms with van der Waals surface area (Å²) in [7, 11) is 0. The van der Waals surface area contributed by atoms with Crippen molar-refractivity contribution in [3.63, 3.8) is 0 Å². The molecule has 0 aliphatic heterocycles. The third-order valence-electron chi connectivity index (χ3n) is 4.90. The van der Waals surface area contributed by atoms with Gasteiger partial charge in [-0.2, -0.15) is 0 Å². The van der Waals surface area contributed by atoms with Gasteiger partial charge >= 0.3 is 0 Å². The molecule has 3 aromatic rings. The number of hydrogen-bond donors (Lipinski definition) is 0. The van der Waals surface area contributed by atoms with Gasteiger partial charge in [0.2, 0.25) is 0 Å². The molecule has 0 bridgehead atoms. The van der Waals surface area contributed by atoms with Crippen LogP contribution in [0.5, 0.6) is 5.75 Å². The smallest absolute Gasteiger partial charge is 0.119 e. The molecule has 1 heterocycles. The predicted molar refractivity (Wildman–Crippen MR) is 113 cm³/mol. The van der Waals surface area contributed by atoms with E-state index in [0.29, 0.717) is 5.92 Å². The lowest BCUT2D eigenvalue weighted by atomic mass is 9.94. The highest BCUT2D eigenvalue weighted by Gasteiger charge is 2.10. The van der Waals surface area contributed by atoms with Gasteiger partial charge in [0.15, 0.2) is 0 Å². The van der Waals surface area contributed by atoms with Crippen molar-refractivity contribution < 1.29 is 4.74 Å². The zero-order valence-corrected chi connectivity index (χ0v) is 16.6. The molecule has 0 fully saturated rings. The standard InChI is InChI=1S/C25H29NO/c1-4-6-20-7-16-25(26-18-20)19(3)21-8-10-22(11-9-21)23-12-14-24(15-13-23)27-17-5-2/h7-16,18-19H,4-6,17H2,1-3H3. The van der Waals surface area contributed by atoms with Gasteiger partial charge in [-0.15, -0.1) is 0 Å². The van der Waals surface area contributed by atoms with Crippen LogP contribution in [0.15, 0.2) is 66.9 Å². The van der Waals surface area contributed by atoms with E-state index in [2.05, 4.69) is 74.3 Å². The third-order valence-corrected chi connectivity index (χ3v) is 4.90. The van der Waals surface area contributed by atoms with Crippen molar-refractivity contribution in [3.8, 4) is 16.9 Å². The molecule has 140 valence electrons. The minimum atomic E-state index is 0.291. The van der Waals surface area contributed by atoms with Crippen molar-refractivity contribution in [2.75, 3.05) is 6.61 Å². The molecular weight excluding hydrogens is 330 g/mol. The molecule has 0 aliphatic carbocycles. The molecule has 2 nitrogen and oxygen atoms in total. The number of hydrogen-bond acceptors (Lipinski definition) is 2. The number of pyridine rings is 1. The number of ether oxygens (including phenoxy) is 1. The fourth-order valence-corrected chi connectivity index (χ4v) is 3.23. The maximum atomic E-state index is 5.66. The van der Waals surface area contributed by atoms with Crippen LogP contribution in [0.25, 0.3) is 11.1 Å². The summed E-state index contributed by atoms with van der Waals surface area (Å²) in [6, 6.07) is 21.5. The second-order valence-corrected chi connectivity index (χ2v) is 7.06. The summed E-state index contributed by atoms with van der Waals surface area (Å²) in [5.74, 6) is 1.22. The summed E-state index contributed by atoms with van der Waals surface area (Å²) >= 11 is 0. The number of aromatic nitrogens is 1. The summed E-state index contributed by atoms with van der Waals surface area (Å²) in [6.07, 6.45) is 5.30. The molecule has 0 N–H and O–H groups in total. The molecule has 0 saturated carbocycles. The van der Waals surface area contributed by atoms with Crippen molar-refractivity contribution in [1.29, 1.82) is 0 Å². The van der Waals surface area contributed by atoms with Crippen molar-refractivity contribution in [1.82, 2.24) is 4.98 Å². The highest BCUT2D eigenvalue weighted by molar-refractivity contribution is 5.64. The lowest BCUT2D eigenvalue weighted by Crippen LogP contribution is -2.00. The van der Waals surface area contributed by atoms with Crippen molar-refractivity contribution in [3.05, 3.63) is 83.7 Å². The van der Waals surface area contributed by atoms with E-state index in [4.69, 9.17) is 4.74 Å². The van der Waals surface area contributed by atoms with E-state index < -0.39 is 0 Å². The molecule has 1 aromatic heterocycles. The quantitative estimate of drug-likeness (QED) is 0.449. The highest BCUT2D eigenvalue weighted by Crippen LogP contribution is 2.27. The Bertz CT molecular complexity index is 820. The van der Waals surface area contributed by atoms with Crippen LogP contribution in [0.3, 0.4) is 0 Å². The fraction of sp³-hybridized carbons (Fsp3) is 0.320. The summed E-state index contributed by atoms with van der Waals surface area (Å²) < 4.78 is 5.66. The molecule has 2 heteroatoms. The zero-order valence-electron chi connectivity index (χ0n) is 16.6. The van der Waals surface area contributed by atoms with Crippen molar-refractivity contribution >= 4 is 0 Å². The van der Waals surface area contributed by atoms with Crippen LogP contribution < -0.4 is 4.74 Å². The summed E-state index contributed by atoms with van der Waals surface area (Å²) in [5.41, 5.74) is 6.16. The lowest BCUT2D eigenvalue weighted by Gasteiger charge is -2.13. The first-order valence-electron chi connectivity index (χ1n) is 9.99. The van der Waals surface area contributed by atoms with Gasteiger partial charge in [-0.25, -0.2) is 0 Å². The van der Waals surface area contributed by atoms with E-state index in [1.807, 2.05) is 18.3 Å². The van der Waals surface area contributed by atoms with Gasteiger partial charge < -0.3 is 4.74 Å². The Labute approximate surface area is 163 Å².